The average molecular weight is 264 g/mol. The fourth-order valence-electron chi connectivity index (χ4n) is 2.19. The highest BCUT2D eigenvalue weighted by Gasteiger charge is 2.04. The van der Waals surface area contributed by atoms with Crippen molar-refractivity contribution in [1.29, 1.82) is 5.26 Å². The summed E-state index contributed by atoms with van der Waals surface area (Å²) in [4.78, 5) is 2.16. The lowest BCUT2D eigenvalue weighted by molar-refractivity contribution is 0.861. The Kier molecular flexibility index (Phi) is 4.42. The van der Waals surface area contributed by atoms with E-state index >= 15 is 0 Å². The first-order valence-electron chi connectivity index (χ1n) is 6.90. The standard InChI is InChI=1S/C18H20N2/c1-14(2)17-9-7-15(8-10-17)13-20(3)18-6-4-5-16(11-18)12-19/h4-11,14H,13H2,1-3H3. The van der Waals surface area contributed by atoms with Crippen molar-refractivity contribution in [3.8, 4) is 6.07 Å². The summed E-state index contributed by atoms with van der Waals surface area (Å²) in [5.41, 5.74) is 4.41. The Hall–Kier alpha value is -2.27. The second-order valence-corrected chi connectivity index (χ2v) is 5.41. The highest BCUT2D eigenvalue weighted by atomic mass is 15.1. The molecule has 102 valence electrons. The van der Waals surface area contributed by atoms with Gasteiger partial charge in [-0.3, -0.25) is 0 Å². The van der Waals surface area contributed by atoms with Gasteiger partial charge in [-0.15, -0.1) is 0 Å². The van der Waals surface area contributed by atoms with Crippen LogP contribution in [0.4, 0.5) is 5.69 Å². The minimum absolute atomic E-state index is 0.564. The first-order chi connectivity index (χ1) is 9.60. The van der Waals surface area contributed by atoms with Crippen molar-refractivity contribution in [2.75, 3.05) is 11.9 Å². The molecule has 0 aliphatic carbocycles. The van der Waals surface area contributed by atoms with Gasteiger partial charge >= 0.3 is 0 Å². The lowest BCUT2D eigenvalue weighted by Crippen LogP contribution is -2.16. The van der Waals surface area contributed by atoms with Crippen LogP contribution in [0.15, 0.2) is 48.5 Å². The number of hydrogen-bond acceptors (Lipinski definition) is 2. The molecule has 2 aromatic rings. The van der Waals surface area contributed by atoms with Crippen LogP contribution < -0.4 is 4.90 Å². The number of rotatable bonds is 4. The molecule has 0 spiro atoms. The largest absolute Gasteiger partial charge is 0.370 e. The van der Waals surface area contributed by atoms with Crippen LogP contribution in [-0.4, -0.2) is 7.05 Å². The van der Waals surface area contributed by atoms with Crippen LogP contribution in [0.3, 0.4) is 0 Å². The van der Waals surface area contributed by atoms with E-state index in [0.29, 0.717) is 11.5 Å². The highest BCUT2D eigenvalue weighted by Crippen LogP contribution is 2.19. The number of hydrogen-bond donors (Lipinski definition) is 0. The van der Waals surface area contributed by atoms with Crippen molar-refractivity contribution in [2.45, 2.75) is 26.3 Å². The Morgan fingerprint density at radius 1 is 1.10 bits per heavy atom. The van der Waals surface area contributed by atoms with E-state index in [-0.39, 0.29) is 0 Å². The molecule has 2 rings (SSSR count). The van der Waals surface area contributed by atoms with E-state index in [9.17, 15) is 0 Å². The topological polar surface area (TPSA) is 27.0 Å². The van der Waals surface area contributed by atoms with Crippen LogP contribution >= 0.6 is 0 Å². The molecule has 2 aromatic carbocycles. The summed E-state index contributed by atoms with van der Waals surface area (Å²) in [5, 5.41) is 8.95. The van der Waals surface area contributed by atoms with Gasteiger partial charge in [-0.2, -0.15) is 5.26 Å². The molecule has 0 aliphatic heterocycles. The van der Waals surface area contributed by atoms with E-state index in [4.69, 9.17) is 5.26 Å². The maximum Gasteiger partial charge on any atom is 0.0992 e. The van der Waals surface area contributed by atoms with Crippen LogP contribution in [-0.2, 0) is 6.54 Å². The van der Waals surface area contributed by atoms with E-state index in [1.54, 1.807) is 0 Å². The minimum Gasteiger partial charge on any atom is -0.370 e. The van der Waals surface area contributed by atoms with E-state index in [0.717, 1.165) is 12.2 Å². The monoisotopic (exact) mass is 264 g/mol. The number of nitriles is 1. The molecular formula is C18H20N2. The van der Waals surface area contributed by atoms with Gasteiger partial charge in [0.2, 0.25) is 0 Å². The van der Waals surface area contributed by atoms with Gasteiger partial charge in [0.1, 0.15) is 0 Å². The molecule has 2 heteroatoms. The second-order valence-electron chi connectivity index (χ2n) is 5.41. The van der Waals surface area contributed by atoms with E-state index in [2.05, 4.69) is 49.1 Å². The third-order valence-corrected chi connectivity index (χ3v) is 3.48. The minimum atomic E-state index is 0.564. The molecule has 0 N–H and O–H groups in total. The lowest BCUT2D eigenvalue weighted by atomic mass is 10.0. The summed E-state index contributed by atoms with van der Waals surface area (Å²) >= 11 is 0. The molecule has 0 fully saturated rings. The second kappa shape index (κ2) is 6.25. The number of benzene rings is 2. The highest BCUT2D eigenvalue weighted by molar-refractivity contribution is 5.51. The van der Waals surface area contributed by atoms with Gasteiger partial charge < -0.3 is 4.90 Å². The Morgan fingerprint density at radius 2 is 1.80 bits per heavy atom. The molecule has 2 nitrogen and oxygen atoms in total. The summed E-state index contributed by atoms with van der Waals surface area (Å²) in [6, 6.07) is 18.6. The van der Waals surface area contributed by atoms with Crippen molar-refractivity contribution < 1.29 is 0 Å². The predicted octanol–water partition coefficient (Wildman–Crippen LogP) is 4.32. The maximum atomic E-state index is 8.95. The quantitative estimate of drug-likeness (QED) is 0.822. The Bertz CT molecular complexity index is 606. The van der Waals surface area contributed by atoms with Crippen molar-refractivity contribution >= 4 is 5.69 Å². The third-order valence-electron chi connectivity index (χ3n) is 3.48. The number of nitrogens with zero attached hydrogens (tertiary/aromatic N) is 2. The molecule has 0 saturated heterocycles. The van der Waals surface area contributed by atoms with Crippen molar-refractivity contribution in [3.63, 3.8) is 0 Å². The molecule has 0 saturated carbocycles. The van der Waals surface area contributed by atoms with Gasteiger partial charge in [0.05, 0.1) is 11.6 Å². The fraction of sp³-hybridized carbons (Fsp3) is 0.278. The predicted molar refractivity (Wildman–Crippen MR) is 83.8 cm³/mol. The zero-order valence-corrected chi connectivity index (χ0v) is 12.3. The summed E-state index contributed by atoms with van der Waals surface area (Å²) in [7, 11) is 2.05. The first-order valence-corrected chi connectivity index (χ1v) is 6.90. The fourth-order valence-corrected chi connectivity index (χ4v) is 2.19. The first kappa shape index (κ1) is 14.1. The zero-order chi connectivity index (χ0) is 14.5. The summed E-state index contributed by atoms with van der Waals surface area (Å²) in [5.74, 6) is 0.564. The average Bonchev–Trinajstić information content (AvgIpc) is 2.47. The molecule has 0 radical (unpaired) electrons. The zero-order valence-electron chi connectivity index (χ0n) is 12.3. The Labute approximate surface area is 121 Å². The van der Waals surface area contributed by atoms with Crippen molar-refractivity contribution in [2.24, 2.45) is 0 Å². The molecule has 0 unspecified atom stereocenters. The Balaban J connectivity index is 2.11. The van der Waals surface area contributed by atoms with E-state index in [1.807, 2.05) is 31.3 Å². The van der Waals surface area contributed by atoms with Crippen LogP contribution in [0.2, 0.25) is 0 Å². The molecule has 0 atom stereocenters. The third kappa shape index (κ3) is 3.39. The molecule has 0 aliphatic rings. The maximum absolute atomic E-state index is 8.95. The van der Waals surface area contributed by atoms with Gasteiger partial charge in [-0.1, -0.05) is 44.2 Å². The van der Waals surface area contributed by atoms with Gasteiger partial charge in [-0.05, 0) is 35.2 Å². The lowest BCUT2D eigenvalue weighted by Gasteiger charge is -2.20. The summed E-state index contributed by atoms with van der Waals surface area (Å²) < 4.78 is 0. The molecule has 0 bridgehead atoms. The van der Waals surface area contributed by atoms with E-state index < -0.39 is 0 Å². The summed E-state index contributed by atoms with van der Waals surface area (Å²) in [6.07, 6.45) is 0. The smallest absolute Gasteiger partial charge is 0.0992 e. The molecule has 0 heterocycles. The summed E-state index contributed by atoms with van der Waals surface area (Å²) in [6.45, 7) is 5.25. The normalized spacial score (nSPS) is 10.3. The van der Waals surface area contributed by atoms with Gasteiger partial charge in [0, 0.05) is 19.3 Å². The van der Waals surface area contributed by atoms with Crippen molar-refractivity contribution in [3.05, 3.63) is 65.2 Å². The SMILES string of the molecule is CC(C)c1ccc(CN(C)c2cccc(C#N)c2)cc1. The van der Waals surface area contributed by atoms with Crippen LogP contribution in [0.5, 0.6) is 0 Å². The van der Waals surface area contributed by atoms with E-state index in [1.165, 1.54) is 11.1 Å². The molecule has 0 aromatic heterocycles. The van der Waals surface area contributed by atoms with Gasteiger partial charge in [-0.25, -0.2) is 0 Å². The van der Waals surface area contributed by atoms with Crippen LogP contribution in [0, 0.1) is 11.3 Å². The van der Waals surface area contributed by atoms with Gasteiger partial charge in [0.25, 0.3) is 0 Å². The van der Waals surface area contributed by atoms with Crippen LogP contribution in [0.25, 0.3) is 0 Å². The Morgan fingerprint density at radius 3 is 2.40 bits per heavy atom. The molecular weight excluding hydrogens is 244 g/mol. The number of anilines is 1. The molecule has 0 amide bonds. The van der Waals surface area contributed by atoms with Crippen molar-refractivity contribution in [1.82, 2.24) is 0 Å². The van der Waals surface area contributed by atoms with Gasteiger partial charge in [0.15, 0.2) is 0 Å². The van der Waals surface area contributed by atoms with Crippen LogP contribution in [0.1, 0.15) is 36.5 Å². The molecule has 20 heavy (non-hydrogen) atoms.